The number of thiazole rings is 1. The molecular formula is C29H26F3N3O5S2. The van der Waals surface area contributed by atoms with E-state index >= 15 is 0 Å². The van der Waals surface area contributed by atoms with E-state index in [0.29, 0.717) is 17.0 Å². The lowest BCUT2D eigenvalue weighted by atomic mass is 10.00. The van der Waals surface area contributed by atoms with E-state index in [2.05, 4.69) is 14.8 Å². The van der Waals surface area contributed by atoms with Gasteiger partial charge in [-0.2, -0.15) is 0 Å². The van der Waals surface area contributed by atoms with Crippen molar-refractivity contribution in [1.82, 2.24) is 10.1 Å². The van der Waals surface area contributed by atoms with Crippen LogP contribution >= 0.6 is 22.7 Å². The third-order valence-electron chi connectivity index (χ3n) is 8.10. The van der Waals surface area contributed by atoms with Gasteiger partial charge in [0.05, 0.1) is 28.8 Å². The fourth-order valence-electron chi connectivity index (χ4n) is 6.07. The second-order valence-corrected chi connectivity index (χ2v) is 12.7. The van der Waals surface area contributed by atoms with Crippen molar-refractivity contribution in [3.05, 3.63) is 58.0 Å². The number of carboxylic acids is 1. The Labute approximate surface area is 246 Å². The highest BCUT2D eigenvalue weighted by Gasteiger charge is 2.43. The number of hydrogen-bond acceptors (Lipinski definition) is 9. The Kier molecular flexibility index (Phi) is 6.98. The summed E-state index contributed by atoms with van der Waals surface area (Å²) in [5, 5.41) is 18.0. The van der Waals surface area contributed by atoms with Gasteiger partial charge in [0.1, 0.15) is 17.2 Å². The van der Waals surface area contributed by atoms with E-state index in [4.69, 9.17) is 14.2 Å². The van der Waals surface area contributed by atoms with Crippen LogP contribution in [0, 0.1) is 0 Å². The van der Waals surface area contributed by atoms with Gasteiger partial charge in [-0.15, -0.1) is 35.8 Å². The fourth-order valence-corrected chi connectivity index (χ4v) is 7.96. The minimum atomic E-state index is -4.83. The molecule has 2 saturated heterocycles. The number of carboxylic acid groups (broad SMARTS) is 1. The van der Waals surface area contributed by atoms with Gasteiger partial charge in [0.15, 0.2) is 5.13 Å². The van der Waals surface area contributed by atoms with Crippen molar-refractivity contribution in [2.24, 2.45) is 0 Å². The zero-order valence-corrected chi connectivity index (χ0v) is 23.8. The van der Waals surface area contributed by atoms with Crippen LogP contribution in [0.3, 0.4) is 0 Å². The van der Waals surface area contributed by atoms with Crippen molar-refractivity contribution >= 4 is 33.8 Å². The number of thiophene rings is 1. The topological polar surface area (TPSA) is 97.9 Å². The Morgan fingerprint density at radius 3 is 2.55 bits per heavy atom. The summed E-state index contributed by atoms with van der Waals surface area (Å²) < 4.78 is 55.7. The van der Waals surface area contributed by atoms with Crippen molar-refractivity contribution in [2.45, 2.75) is 75.6 Å². The number of hydrogen-bond donors (Lipinski definition) is 1. The summed E-state index contributed by atoms with van der Waals surface area (Å²) in [6.45, 7) is 0.195. The number of rotatable bonds is 9. The first-order valence-electron chi connectivity index (χ1n) is 13.7. The molecule has 0 unspecified atom stereocenters. The molecule has 3 atom stereocenters. The number of alkyl halides is 3. The summed E-state index contributed by atoms with van der Waals surface area (Å²) in [4.78, 5) is 19.3. The number of piperidine rings is 1. The Bertz CT molecular complexity index is 1600. The van der Waals surface area contributed by atoms with E-state index < -0.39 is 12.3 Å². The van der Waals surface area contributed by atoms with Gasteiger partial charge in [0, 0.05) is 39.9 Å². The first-order chi connectivity index (χ1) is 20.2. The molecule has 2 aliphatic heterocycles. The smallest absolute Gasteiger partial charge is 0.478 e. The molecule has 1 saturated carbocycles. The van der Waals surface area contributed by atoms with Gasteiger partial charge in [-0.25, -0.2) is 9.78 Å². The summed E-state index contributed by atoms with van der Waals surface area (Å²) in [5.41, 5.74) is 2.28. The Morgan fingerprint density at radius 2 is 1.86 bits per heavy atom. The maximum atomic E-state index is 13.1. The maximum absolute atomic E-state index is 13.1. The standard InChI is InChI=1S/C29H26F3N3O5S2/c30-29(31,32)39-23-4-2-1-3-20(23)25-21(26(40-34-25)15-5-6-15)12-38-19-10-17-7-8-18(11-19)35(17)28-33-22(14-42-28)24-9-16(13-41-24)27(36)37/h1-4,9,13-15,17-19H,5-8,10-12H2,(H,36,37)/t17-,18+,19-. The van der Waals surface area contributed by atoms with E-state index in [9.17, 15) is 23.1 Å². The molecule has 3 aromatic heterocycles. The summed E-state index contributed by atoms with van der Waals surface area (Å²) in [6.07, 6.45) is 0.706. The second kappa shape index (κ2) is 10.7. The zero-order chi connectivity index (χ0) is 29.0. The molecule has 4 aromatic rings. The summed E-state index contributed by atoms with van der Waals surface area (Å²) in [5.74, 6) is -0.387. The molecule has 7 rings (SSSR count). The van der Waals surface area contributed by atoms with Gasteiger partial charge in [-0.1, -0.05) is 17.3 Å². The molecule has 0 amide bonds. The SMILES string of the molecule is O=C(O)c1csc(-c2csc(N3[C@@H]4CC[C@H]3C[C@H](OCc3c(-c5ccccc5OC(F)(F)F)noc3C3CC3)C4)n2)c1. The Balaban J connectivity index is 1.07. The van der Waals surface area contributed by atoms with Crippen molar-refractivity contribution in [1.29, 1.82) is 0 Å². The number of nitrogens with zero attached hydrogens (tertiary/aromatic N) is 3. The van der Waals surface area contributed by atoms with Crippen LogP contribution in [-0.2, 0) is 11.3 Å². The summed E-state index contributed by atoms with van der Waals surface area (Å²) in [6, 6.07) is 8.15. The molecule has 3 aliphatic rings. The maximum Gasteiger partial charge on any atom is 0.573 e. The summed E-state index contributed by atoms with van der Waals surface area (Å²) >= 11 is 2.94. The Hall–Kier alpha value is -3.42. The highest BCUT2D eigenvalue weighted by molar-refractivity contribution is 7.16. The number of aromatic carboxylic acids is 1. The average molecular weight is 618 g/mol. The monoisotopic (exact) mass is 617 g/mol. The van der Waals surface area contributed by atoms with Crippen LogP contribution in [0.4, 0.5) is 18.3 Å². The number of aromatic nitrogens is 2. The average Bonchev–Trinajstić information content (AvgIpc) is 3.29. The quantitative estimate of drug-likeness (QED) is 0.204. The van der Waals surface area contributed by atoms with Crippen molar-refractivity contribution < 1.29 is 37.1 Å². The van der Waals surface area contributed by atoms with Gasteiger partial charge in [0.25, 0.3) is 0 Å². The van der Waals surface area contributed by atoms with E-state index in [1.54, 1.807) is 34.9 Å². The minimum absolute atomic E-state index is 0.0231. The predicted molar refractivity (Wildman–Crippen MR) is 150 cm³/mol. The molecule has 0 radical (unpaired) electrons. The van der Waals surface area contributed by atoms with Crippen molar-refractivity contribution in [3.63, 3.8) is 0 Å². The number of ether oxygens (including phenoxy) is 2. The van der Waals surface area contributed by atoms with Crippen LogP contribution in [-0.4, -0.2) is 45.8 Å². The normalized spacial score (nSPS) is 22.1. The highest BCUT2D eigenvalue weighted by Crippen LogP contribution is 2.47. The first kappa shape index (κ1) is 27.4. The lowest BCUT2D eigenvalue weighted by Gasteiger charge is -2.38. The molecule has 1 aliphatic carbocycles. The third kappa shape index (κ3) is 5.40. The van der Waals surface area contributed by atoms with Crippen LogP contribution in [0.1, 0.15) is 66.1 Å². The zero-order valence-electron chi connectivity index (χ0n) is 22.2. The highest BCUT2D eigenvalue weighted by atomic mass is 32.1. The van der Waals surface area contributed by atoms with Gasteiger partial charge in [0.2, 0.25) is 0 Å². The van der Waals surface area contributed by atoms with Crippen LogP contribution in [0.2, 0.25) is 0 Å². The molecule has 1 N–H and O–H groups in total. The second-order valence-electron chi connectivity index (χ2n) is 10.9. The van der Waals surface area contributed by atoms with Crippen LogP contribution in [0.25, 0.3) is 21.8 Å². The molecule has 42 heavy (non-hydrogen) atoms. The third-order valence-corrected chi connectivity index (χ3v) is 9.91. The van der Waals surface area contributed by atoms with Crippen LogP contribution in [0.5, 0.6) is 5.75 Å². The lowest BCUT2D eigenvalue weighted by molar-refractivity contribution is -0.274. The number of anilines is 1. The summed E-state index contributed by atoms with van der Waals surface area (Å²) in [7, 11) is 0. The van der Waals surface area contributed by atoms with Gasteiger partial charge in [-0.05, 0) is 56.7 Å². The number of halogens is 3. The van der Waals surface area contributed by atoms with E-state index in [-0.39, 0.29) is 47.6 Å². The van der Waals surface area contributed by atoms with E-state index in [0.717, 1.165) is 54.2 Å². The molecule has 220 valence electrons. The van der Waals surface area contributed by atoms with Gasteiger partial charge < -0.3 is 24.0 Å². The number of carbonyl (C=O) groups is 1. The Morgan fingerprint density at radius 1 is 1.10 bits per heavy atom. The van der Waals surface area contributed by atoms with Gasteiger partial charge >= 0.3 is 12.3 Å². The molecule has 8 nitrogen and oxygen atoms in total. The van der Waals surface area contributed by atoms with Crippen LogP contribution in [0.15, 0.2) is 45.6 Å². The number of benzene rings is 1. The number of para-hydroxylation sites is 1. The molecule has 3 fully saturated rings. The van der Waals surface area contributed by atoms with Crippen LogP contribution < -0.4 is 9.64 Å². The van der Waals surface area contributed by atoms with E-state index in [1.165, 1.54) is 23.5 Å². The lowest BCUT2D eigenvalue weighted by Crippen LogP contribution is -2.45. The van der Waals surface area contributed by atoms with Crippen molar-refractivity contribution in [2.75, 3.05) is 4.90 Å². The first-order valence-corrected chi connectivity index (χ1v) is 15.5. The largest absolute Gasteiger partial charge is 0.573 e. The predicted octanol–water partition coefficient (Wildman–Crippen LogP) is 7.72. The molecule has 2 bridgehead atoms. The molecule has 5 heterocycles. The molecule has 13 heteroatoms. The fraction of sp³-hybridized carbons (Fsp3) is 0.414. The molecule has 0 spiro atoms. The number of fused-ring (bicyclic) bond motifs is 2. The molecular weight excluding hydrogens is 591 g/mol. The molecule has 1 aromatic carbocycles. The minimum Gasteiger partial charge on any atom is -0.478 e. The van der Waals surface area contributed by atoms with E-state index in [1.807, 2.05) is 5.38 Å². The van der Waals surface area contributed by atoms with Gasteiger partial charge in [-0.3, -0.25) is 0 Å². The van der Waals surface area contributed by atoms with Crippen molar-refractivity contribution in [3.8, 4) is 27.6 Å².